The van der Waals surface area contributed by atoms with Gasteiger partial charge in [-0.25, -0.2) is 9.97 Å². The monoisotopic (exact) mass is 430 g/mol. The second-order valence-corrected chi connectivity index (χ2v) is 6.58. The van der Waals surface area contributed by atoms with Gasteiger partial charge < -0.3 is 15.8 Å². The number of anilines is 1. The zero-order valence-electron chi connectivity index (χ0n) is 19.2. The van der Waals surface area contributed by atoms with Gasteiger partial charge in [0, 0.05) is 44.7 Å². The molecule has 4 N–H and O–H groups in total. The van der Waals surface area contributed by atoms with Gasteiger partial charge in [0.15, 0.2) is 0 Å². The molecular formula is C21H34N8O2. The molecule has 0 aliphatic rings. The Kier molecular flexibility index (Phi) is 13.7. The largest absolute Gasteiger partial charge is 0.481 e. The smallest absolute Gasteiger partial charge is 0.306 e. The Labute approximate surface area is 184 Å². The van der Waals surface area contributed by atoms with Crippen LogP contribution in [0.5, 0.6) is 0 Å². The van der Waals surface area contributed by atoms with Crippen molar-refractivity contribution in [1.29, 1.82) is 5.41 Å². The number of hydrogen-bond donors (Lipinski definition) is 3. The number of carbonyl (C=O) groups is 1. The number of pyridine rings is 1. The van der Waals surface area contributed by atoms with Crippen LogP contribution in [0.3, 0.4) is 0 Å². The minimum atomic E-state index is -0.904. The summed E-state index contributed by atoms with van der Waals surface area (Å²) in [5.41, 5.74) is 2.98. The Morgan fingerprint density at radius 1 is 1.19 bits per heavy atom. The number of nitrogens with zero attached hydrogens (tertiary/aromatic N) is 6. The van der Waals surface area contributed by atoms with E-state index < -0.39 is 11.9 Å². The number of hydrogen-bond acceptors (Lipinski definition) is 7. The van der Waals surface area contributed by atoms with Gasteiger partial charge in [0.25, 0.3) is 0 Å². The molecule has 0 bridgehead atoms. The summed E-state index contributed by atoms with van der Waals surface area (Å²) in [5.74, 6) is 3.88. The molecule has 0 saturated heterocycles. The second kappa shape index (κ2) is 15.4. The molecule has 0 unspecified atom stereocenters. The Bertz CT molecular complexity index is 805. The molecule has 0 fully saturated rings. The van der Waals surface area contributed by atoms with Crippen molar-refractivity contribution in [2.45, 2.75) is 47.0 Å². The van der Waals surface area contributed by atoms with E-state index in [9.17, 15) is 4.79 Å². The van der Waals surface area contributed by atoms with E-state index in [1.165, 1.54) is 0 Å². The number of rotatable bonds is 7. The molecule has 2 rings (SSSR count). The second-order valence-electron chi connectivity index (χ2n) is 6.58. The Hall–Kier alpha value is -3.43. The van der Waals surface area contributed by atoms with Crippen LogP contribution in [0.1, 0.15) is 45.6 Å². The highest BCUT2D eigenvalue weighted by Crippen LogP contribution is 2.16. The highest BCUT2D eigenvalue weighted by atomic mass is 16.4. The van der Waals surface area contributed by atoms with E-state index >= 15 is 0 Å². The van der Waals surface area contributed by atoms with Crippen LogP contribution in [0, 0.1) is 18.3 Å². The Morgan fingerprint density at radius 3 is 2.23 bits per heavy atom. The molecule has 1 atom stereocenters. The zero-order valence-corrected chi connectivity index (χ0v) is 19.2. The van der Waals surface area contributed by atoms with Crippen molar-refractivity contribution in [2.75, 3.05) is 19.0 Å². The van der Waals surface area contributed by atoms with Gasteiger partial charge in [-0.2, -0.15) is 0 Å². The maximum atomic E-state index is 10.6. The molecule has 0 aliphatic heterocycles. The predicted molar refractivity (Wildman–Crippen MR) is 123 cm³/mol. The van der Waals surface area contributed by atoms with Crippen molar-refractivity contribution in [1.82, 2.24) is 15.0 Å². The minimum Gasteiger partial charge on any atom is -0.481 e. The lowest BCUT2D eigenvalue weighted by molar-refractivity contribution is -0.141. The van der Waals surface area contributed by atoms with Gasteiger partial charge in [-0.1, -0.05) is 38.5 Å². The van der Waals surface area contributed by atoms with E-state index in [0.717, 1.165) is 23.2 Å². The fraction of sp³-hybridized carbons (Fsp3) is 0.476. The predicted octanol–water partition coefficient (Wildman–Crippen LogP) is 4.12. The van der Waals surface area contributed by atoms with E-state index in [-0.39, 0.29) is 12.3 Å². The Balaban J connectivity index is 0.000000550. The summed E-state index contributed by atoms with van der Waals surface area (Å²) < 4.78 is 0. The number of carboxylic acid groups (broad SMARTS) is 1. The highest BCUT2D eigenvalue weighted by Gasteiger charge is 2.18. The van der Waals surface area contributed by atoms with E-state index in [1.807, 2.05) is 65.0 Å². The van der Waals surface area contributed by atoms with Crippen LogP contribution < -0.4 is 10.7 Å². The Morgan fingerprint density at radius 2 is 1.81 bits per heavy atom. The molecule has 10 nitrogen and oxygen atoms in total. The van der Waals surface area contributed by atoms with Crippen molar-refractivity contribution >= 4 is 17.8 Å². The summed E-state index contributed by atoms with van der Waals surface area (Å²) in [5, 5.41) is 22.1. The van der Waals surface area contributed by atoms with Gasteiger partial charge in [-0.15, -0.1) is 5.11 Å². The maximum absolute atomic E-state index is 10.6. The van der Waals surface area contributed by atoms with Gasteiger partial charge in [0.1, 0.15) is 5.84 Å². The quantitative estimate of drug-likeness (QED) is 0.196. The average molecular weight is 431 g/mol. The molecule has 170 valence electrons. The fourth-order valence-electron chi connectivity index (χ4n) is 2.33. The molecule has 0 radical (unpaired) electrons. The third-order valence-electron chi connectivity index (χ3n) is 3.85. The lowest BCUT2D eigenvalue weighted by Gasteiger charge is -2.09. The van der Waals surface area contributed by atoms with Gasteiger partial charge in [0.05, 0.1) is 11.6 Å². The molecule has 0 amide bonds. The standard InChI is InChI=1S/C12H14N4.C7H14N4O2.C2H6/c1-9-4-5-11(13-6-9)10-7-14-12(15-8-10)16(2)3;1-2-3-5(7(12)13)4-6(8)10-11-9;1-2/h4-8H,1-3H3;5H,2-4H2,1H3,(H,12,13)(H3,8,9,10);1-2H3/t;5-;/m.0./s1. The van der Waals surface area contributed by atoms with E-state index in [0.29, 0.717) is 12.4 Å². The lowest BCUT2D eigenvalue weighted by Crippen LogP contribution is -2.16. The topological polar surface area (TPSA) is 154 Å². The first-order valence-corrected chi connectivity index (χ1v) is 10.1. The van der Waals surface area contributed by atoms with Gasteiger partial charge >= 0.3 is 5.97 Å². The average Bonchev–Trinajstić information content (AvgIpc) is 2.76. The molecule has 0 spiro atoms. The zero-order chi connectivity index (χ0) is 23.8. The summed E-state index contributed by atoms with van der Waals surface area (Å²) in [7, 11) is 3.83. The van der Waals surface area contributed by atoms with E-state index in [4.69, 9.17) is 16.4 Å². The van der Waals surface area contributed by atoms with Crippen molar-refractivity contribution in [3.05, 3.63) is 36.3 Å². The lowest BCUT2D eigenvalue weighted by atomic mass is 10.00. The van der Waals surface area contributed by atoms with E-state index in [1.54, 1.807) is 12.4 Å². The van der Waals surface area contributed by atoms with Crippen molar-refractivity contribution in [2.24, 2.45) is 22.1 Å². The molecular weight excluding hydrogens is 396 g/mol. The van der Waals surface area contributed by atoms with Crippen LogP contribution in [0.25, 0.3) is 11.3 Å². The summed E-state index contributed by atoms with van der Waals surface area (Å²) in [4.78, 5) is 25.3. The summed E-state index contributed by atoms with van der Waals surface area (Å²) in [6.07, 6.45) is 6.82. The van der Waals surface area contributed by atoms with E-state index in [2.05, 4.69) is 25.3 Å². The summed E-state index contributed by atoms with van der Waals surface area (Å²) in [6.45, 7) is 7.91. The maximum Gasteiger partial charge on any atom is 0.306 e. The first kappa shape index (κ1) is 27.6. The minimum absolute atomic E-state index is 0.0872. The number of aliphatic carboxylic acids is 1. The molecule has 0 saturated carbocycles. The number of carboxylic acids is 1. The number of aromatic nitrogens is 3. The van der Waals surface area contributed by atoms with Crippen LogP contribution in [0.2, 0.25) is 0 Å². The summed E-state index contributed by atoms with van der Waals surface area (Å²) in [6, 6.07) is 4.01. The van der Waals surface area contributed by atoms with Crippen molar-refractivity contribution < 1.29 is 9.90 Å². The van der Waals surface area contributed by atoms with Gasteiger partial charge in [-0.05, 0) is 25.0 Å². The molecule has 0 aliphatic carbocycles. The SMILES string of the molecule is CC.CCC[C@@H](CC(=N)N=NN)C(=O)O.Cc1ccc(-c2cnc(N(C)C)nc2)nc1. The highest BCUT2D eigenvalue weighted by molar-refractivity contribution is 5.84. The molecule has 2 heterocycles. The first-order chi connectivity index (χ1) is 14.8. The first-order valence-electron chi connectivity index (χ1n) is 10.1. The molecule has 10 heteroatoms. The third-order valence-corrected chi connectivity index (χ3v) is 3.85. The molecule has 2 aromatic rings. The van der Waals surface area contributed by atoms with Crippen LogP contribution in [0.15, 0.2) is 41.1 Å². The van der Waals surface area contributed by atoms with Crippen molar-refractivity contribution in [3.8, 4) is 11.3 Å². The van der Waals surface area contributed by atoms with Crippen LogP contribution >= 0.6 is 0 Å². The van der Waals surface area contributed by atoms with Crippen LogP contribution in [0.4, 0.5) is 5.95 Å². The van der Waals surface area contributed by atoms with Gasteiger partial charge in [0.2, 0.25) is 5.95 Å². The van der Waals surface area contributed by atoms with Crippen LogP contribution in [-0.2, 0) is 4.79 Å². The number of nitrogens with one attached hydrogen (secondary N) is 1. The van der Waals surface area contributed by atoms with Crippen molar-refractivity contribution in [3.63, 3.8) is 0 Å². The molecule has 2 aromatic heterocycles. The molecule has 0 aromatic carbocycles. The third kappa shape index (κ3) is 10.8. The number of amidine groups is 1. The number of nitrogens with two attached hydrogens (primary N) is 1. The molecule has 31 heavy (non-hydrogen) atoms. The fourth-order valence-corrected chi connectivity index (χ4v) is 2.33. The number of aryl methyl sites for hydroxylation is 1. The van der Waals surface area contributed by atoms with Crippen LogP contribution in [-0.4, -0.2) is 46.0 Å². The van der Waals surface area contributed by atoms with Gasteiger partial charge in [-0.3, -0.25) is 15.2 Å². The summed E-state index contributed by atoms with van der Waals surface area (Å²) >= 11 is 0. The normalized spacial score (nSPS) is 10.9.